The highest BCUT2D eigenvalue weighted by Crippen LogP contribution is 2.35. The first kappa shape index (κ1) is 31.5. The van der Waals surface area contributed by atoms with Crippen molar-refractivity contribution in [1.29, 1.82) is 0 Å². The maximum absolute atomic E-state index is 15.0. The number of carbonyl (C=O) groups excluding carboxylic acids is 3. The smallest absolute Gasteiger partial charge is 0.270 e. The van der Waals surface area contributed by atoms with Crippen molar-refractivity contribution in [3.05, 3.63) is 64.3 Å². The second-order valence-electron chi connectivity index (χ2n) is 11.8. The number of rotatable bonds is 6. The zero-order valence-electron chi connectivity index (χ0n) is 25.3. The Bertz CT molecular complexity index is 1490. The van der Waals surface area contributed by atoms with E-state index in [0.717, 1.165) is 25.9 Å². The number of amides is 3. The van der Waals surface area contributed by atoms with Crippen LogP contribution in [0.15, 0.2) is 36.5 Å². The van der Waals surface area contributed by atoms with Crippen molar-refractivity contribution in [2.75, 3.05) is 70.6 Å². The van der Waals surface area contributed by atoms with Crippen molar-refractivity contribution in [1.82, 2.24) is 25.3 Å². The van der Waals surface area contributed by atoms with Gasteiger partial charge in [0.15, 0.2) is 17.3 Å². The second-order valence-corrected chi connectivity index (χ2v) is 12.2. The summed E-state index contributed by atoms with van der Waals surface area (Å²) in [6.45, 7) is 5.10. The van der Waals surface area contributed by atoms with Gasteiger partial charge < -0.3 is 35.6 Å². The molecular weight excluding hydrogens is 592 g/mol. The van der Waals surface area contributed by atoms with Gasteiger partial charge in [0.1, 0.15) is 0 Å². The van der Waals surface area contributed by atoms with Crippen LogP contribution in [0.2, 0.25) is 5.02 Å². The summed E-state index contributed by atoms with van der Waals surface area (Å²) in [6, 6.07) is 7.62. The Morgan fingerprint density at radius 1 is 1.00 bits per heavy atom. The topological polar surface area (TPSA) is 100 Å². The van der Waals surface area contributed by atoms with Gasteiger partial charge in [0, 0.05) is 70.7 Å². The summed E-state index contributed by atoms with van der Waals surface area (Å²) in [5.41, 5.74) is -0.225. The lowest BCUT2D eigenvalue weighted by molar-refractivity contribution is -0.137. The minimum Gasteiger partial charge on any atom is -0.375 e. The van der Waals surface area contributed by atoms with E-state index in [4.69, 9.17) is 11.6 Å². The van der Waals surface area contributed by atoms with Crippen LogP contribution in [0.25, 0.3) is 5.70 Å². The Hall–Kier alpha value is -3.90. The number of nitrogens with zero attached hydrogens (tertiary/aromatic N) is 4. The maximum atomic E-state index is 15.0. The van der Waals surface area contributed by atoms with E-state index in [2.05, 4.69) is 16.0 Å². The molecule has 2 fully saturated rings. The van der Waals surface area contributed by atoms with Crippen LogP contribution < -0.4 is 20.9 Å². The molecule has 3 heterocycles. The molecule has 0 aromatic heterocycles. The van der Waals surface area contributed by atoms with Crippen LogP contribution in [0.3, 0.4) is 0 Å². The van der Waals surface area contributed by atoms with Crippen molar-refractivity contribution < 1.29 is 23.2 Å². The number of carbonyl (C=O) groups is 3. The van der Waals surface area contributed by atoms with Crippen molar-refractivity contribution in [2.45, 2.75) is 25.4 Å². The van der Waals surface area contributed by atoms with Crippen LogP contribution >= 0.6 is 11.6 Å². The molecule has 0 spiro atoms. The summed E-state index contributed by atoms with van der Waals surface area (Å²) < 4.78 is 29.7. The summed E-state index contributed by atoms with van der Waals surface area (Å²) >= 11 is 6.51. The molecule has 2 saturated heterocycles. The van der Waals surface area contributed by atoms with Crippen LogP contribution in [0.5, 0.6) is 0 Å². The average molecular weight is 630 g/mol. The van der Waals surface area contributed by atoms with Gasteiger partial charge in [-0.05, 0) is 63.2 Å². The van der Waals surface area contributed by atoms with Crippen molar-refractivity contribution >= 4 is 46.4 Å². The molecule has 2 aromatic carbocycles. The summed E-state index contributed by atoms with van der Waals surface area (Å²) in [6.07, 6.45) is 3.15. The largest absolute Gasteiger partial charge is 0.375 e. The van der Waals surface area contributed by atoms with Gasteiger partial charge in [-0.1, -0.05) is 11.6 Å². The van der Waals surface area contributed by atoms with E-state index in [1.54, 1.807) is 45.1 Å². The monoisotopic (exact) mass is 629 g/mol. The van der Waals surface area contributed by atoms with E-state index >= 15 is 0 Å². The number of benzene rings is 2. The molecule has 3 aliphatic rings. The third-order valence-corrected chi connectivity index (χ3v) is 9.12. The highest BCUT2D eigenvalue weighted by Gasteiger charge is 2.43. The van der Waals surface area contributed by atoms with Gasteiger partial charge in [0.25, 0.3) is 11.8 Å². The predicted molar refractivity (Wildman–Crippen MR) is 166 cm³/mol. The molecule has 5 rings (SSSR count). The summed E-state index contributed by atoms with van der Waals surface area (Å²) in [5, 5.41) is 9.24. The first-order valence-electron chi connectivity index (χ1n) is 14.7. The first-order valence-corrected chi connectivity index (χ1v) is 15.1. The molecule has 1 unspecified atom stereocenters. The molecular formula is C31H38ClF2N7O3. The summed E-state index contributed by atoms with van der Waals surface area (Å²) in [4.78, 5) is 46.1. The first-order chi connectivity index (χ1) is 20.9. The van der Waals surface area contributed by atoms with E-state index in [1.165, 1.54) is 34.2 Å². The van der Waals surface area contributed by atoms with E-state index in [-0.39, 0.29) is 34.0 Å². The highest BCUT2D eigenvalue weighted by atomic mass is 35.5. The summed E-state index contributed by atoms with van der Waals surface area (Å²) in [5.74, 6) is -2.50. The quantitative estimate of drug-likeness (QED) is 0.452. The van der Waals surface area contributed by atoms with E-state index < -0.39 is 23.2 Å². The van der Waals surface area contributed by atoms with Crippen LogP contribution in [0, 0.1) is 17.6 Å². The fraction of sp³-hybridized carbons (Fsp3) is 0.452. The molecule has 2 aromatic rings. The molecule has 44 heavy (non-hydrogen) atoms. The molecule has 0 radical (unpaired) electrons. The van der Waals surface area contributed by atoms with Gasteiger partial charge in [0.2, 0.25) is 5.91 Å². The van der Waals surface area contributed by atoms with E-state index in [1.807, 2.05) is 4.90 Å². The van der Waals surface area contributed by atoms with Crippen molar-refractivity contribution in [3.63, 3.8) is 0 Å². The third kappa shape index (κ3) is 5.92. The molecule has 0 aliphatic carbocycles. The number of likely N-dealkylation sites (N-methyl/N-ethyl adjacent to an activating group) is 1. The minimum absolute atomic E-state index is 0.0158. The van der Waals surface area contributed by atoms with Crippen LogP contribution in [0.1, 0.15) is 35.7 Å². The normalized spacial score (nSPS) is 20.7. The van der Waals surface area contributed by atoms with Crippen LogP contribution in [-0.2, 0) is 9.59 Å². The van der Waals surface area contributed by atoms with Gasteiger partial charge in [-0.2, -0.15) is 0 Å². The number of nitrogens with one attached hydrogen (secondary N) is 3. The number of piperidine rings is 1. The van der Waals surface area contributed by atoms with Crippen molar-refractivity contribution in [3.8, 4) is 0 Å². The fourth-order valence-electron chi connectivity index (χ4n) is 5.85. The van der Waals surface area contributed by atoms with Gasteiger partial charge in [-0.3, -0.25) is 14.4 Å². The molecule has 13 heteroatoms. The number of halogens is 3. The molecule has 3 amide bonds. The fourth-order valence-corrected chi connectivity index (χ4v) is 6.11. The molecule has 0 bridgehead atoms. The standard InChI is InChI=1S/C31H38ClF2N7O3/c1-31(36-18-25(39(31)4)22-7-8-24(38(2)3)27(34)26(22)33)30(44)37-20-5-6-21(23(32)17-20)29(43)41-15-13-40(14-16-41)28(42)19-9-11-35-12-10-19/h5-8,17-19,35-36H,9-16H2,1-4H3,(H,37,44). The lowest BCUT2D eigenvalue weighted by atomic mass is 9.96. The van der Waals surface area contributed by atoms with Gasteiger partial charge >= 0.3 is 0 Å². The molecule has 3 N–H and O–H groups in total. The minimum atomic E-state index is -1.33. The second kappa shape index (κ2) is 12.6. The molecule has 3 aliphatic heterocycles. The average Bonchev–Trinajstić information content (AvgIpc) is 3.32. The van der Waals surface area contributed by atoms with E-state index in [9.17, 15) is 23.2 Å². The van der Waals surface area contributed by atoms with Gasteiger partial charge in [-0.25, -0.2) is 8.78 Å². The summed E-state index contributed by atoms with van der Waals surface area (Å²) in [7, 11) is 4.85. The third-order valence-electron chi connectivity index (χ3n) is 8.81. The Kier molecular flexibility index (Phi) is 9.03. The Morgan fingerprint density at radius 3 is 2.30 bits per heavy atom. The Labute approximate surface area is 261 Å². The lowest BCUT2D eigenvalue weighted by Crippen LogP contribution is -2.56. The Morgan fingerprint density at radius 2 is 1.66 bits per heavy atom. The van der Waals surface area contributed by atoms with Crippen LogP contribution in [0.4, 0.5) is 20.2 Å². The molecule has 0 saturated carbocycles. The van der Waals surface area contributed by atoms with Gasteiger partial charge in [-0.15, -0.1) is 0 Å². The number of hydrogen-bond acceptors (Lipinski definition) is 7. The predicted octanol–water partition coefficient (Wildman–Crippen LogP) is 3.16. The Balaban J connectivity index is 1.21. The SMILES string of the molecule is CN(C)c1ccc(C2=CNC(C)(C(=O)Nc3ccc(C(=O)N4CCN(C(=O)C5CCNCC5)CC4)c(Cl)c3)N2C)c(F)c1F. The van der Waals surface area contributed by atoms with Crippen molar-refractivity contribution in [2.24, 2.45) is 5.92 Å². The van der Waals surface area contributed by atoms with Crippen LogP contribution in [-0.4, -0.2) is 98.5 Å². The molecule has 10 nitrogen and oxygen atoms in total. The number of piperazine rings is 1. The van der Waals surface area contributed by atoms with E-state index in [0.29, 0.717) is 43.1 Å². The zero-order chi connectivity index (χ0) is 31.8. The highest BCUT2D eigenvalue weighted by molar-refractivity contribution is 6.34. The number of hydrogen-bond donors (Lipinski definition) is 3. The van der Waals surface area contributed by atoms with Gasteiger partial charge in [0.05, 0.1) is 22.0 Å². The molecule has 236 valence electrons. The maximum Gasteiger partial charge on any atom is 0.270 e. The molecule has 1 atom stereocenters. The lowest BCUT2D eigenvalue weighted by Gasteiger charge is -2.37. The number of anilines is 2. The zero-order valence-corrected chi connectivity index (χ0v) is 26.1.